The fourth-order valence-corrected chi connectivity index (χ4v) is 1.62. The SMILES string of the molecule is CCNc1ccc(CN(CC)CCC#N)cn1. The van der Waals surface area contributed by atoms with Crippen LogP contribution in [-0.2, 0) is 6.54 Å². The Kier molecular flexibility index (Phi) is 6.05. The first-order valence-electron chi connectivity index (χ1n) is 6.08. The third kappa shape index (κ3) is 4.83. The molecule has 1 heterocycles. The molecule has 0 aliphatic heterocycles. The van der Waals surface area contributed by atoms with Crippen LogP contribution in [0.3, 0.4) is 0 Å². The van der Waals surface area contributed by atoms with Gasteiger partial charge in [0.1, 0.15) is 5.82 Å². The first kappa shape index (κ1) is 13.5. The first-order valence-corrected chi connectivity index (χ1v) is 6.08. The molecule has 0 saturated carbocycles. The van der Waals surface area contributed by atoms with Crippen LogP contribution in [0.5, 0.6) is 0 Å². The highest BCUT2D eigenvalue weighted by atomic mass is 15.1. The molecule has 4 heteroatoms. The Morgan fingerprint density at radius 3 is 2.76 bits per heavy atom. The Morgan fingerprint density at radius 1 is 1.41 bits per heavy atom. The summed E-state index contributed by atoms with van der Waals surface area (Å²) in [4.78, 5) is 6.58. The molecule has 92 valence electrons. The molecule has 0 aromatic carbocycles. The minimum absolute atomic E-state index is 0.580. The molecule has 0 unspecified atom stereocenters. The molecule has 0 fully saturated rings. The van der Waals surface area contributed by atoms with Crippen molar-refractivity contribution in [2.75, 3.05) is 25.0 Å². The van der Waals surface area contributed by atoms with Gasteiger partial charge in [-0.1, -0.05) is 13.0 Å². The molecule has 0 amide bonds. The van der Waals surface area contributed by atoms with Crippen LogP contribution in [0.2, 0.25) is 0 Å². The number of aromatic nitrogens is 1. The van der Waals surface area contributed by atoms with Crippen molar-refractivity contribution in [3.05, 3.63) is 23.9 Å². The number of pyridine rings is 1. The molecule has 0 aliphatic rings. The Bertz CT molecular complexity index is 353. The third-order valence-corrected chi connectivity index (χ3v) is 2.58. The van der Waals surface area contributed by atoms with Gasteiger partial charge in [-0.3, -0.25) is 4.90 Å². The van der Waals surface area contributed by atoms with E-state index >= 15 is 0 Å². The summed E-state index contributed by atoms with van der Waals surface area (Å²) in [6.45, 7) is 7.68. The zero-order valence-electron chi connectivity index (χ0n) is 10.6. The van der Waals surface area contributed by atoms with Gasteiger partial charge in [0, 0.05) is 32.3 Å². The molecule has 0 atom stereocenters. The molecule has 0 bridgehead atoms. The van der Waals surface area contributed by atoms with Gasteiger partial charge in [0.25, 0.3) is 0 Å². The number of rotatable bonds is 7. The maximum atomic E-state index is 8.57. The van der Waals surface area contributed by atoms with Crippen molar-refractivity contribution >= 4 is 5.82 Å². The van der Waals surface area contributed by atoms with Crippen LogP contribution in [-0.4, -0.2) is 29.5 Å². The Hall–Kier alpha value is -1.60. The van der Waals surface area contributed by atoms with Crippen molar-refractivity contribution in [2.45, 2.75) is 26.8 Å². The number of nitriles is 1. The Balaban J connectivity index is 2.52. The summed E-state index contributed by atoms with van der Waals surface area (Å²) >= 11 is 0. The molecular weight excluding hydrogens is 212 g/mol. The molecular formula is C13H20N4. The van der Waals surface area contributed by atoms with Gasteiger partial charge in [-0.05, 0) is 25.1 Å². The molecule has 1 N–H and O–H groups in total. The standard InChI is InChI=1S/C13H20N4/c1-3-15-13-7-6-12(10-16-13)11-17(4-2)9-5-8-14/h6-7,10H,3-5,9,11H2,1-2H3,(H,15,16). The molecule has 17 heavy (non-hydrogen) atoms. The van der Waals surface area contributed by atoms with Crippen LogP contribution in [0.15, 0.2) is 18.3 Å². The number of hydrogen-bond acceptors (Lipinski definition) is 4. The smallest absolute Gasteiger partial charge is 0.125 e. The lowest BCUT2D eigenvalue weighted by Crippen LogP contribution is -2.23. The molecule has 1 aromatic rings. The molecule has 4 nitrogen and oxygen atoms in total. The second-order valence-corrected chi connectivity index (χ2v) is 3.86. The molecule has 1 aromatic heterocycles. The summed E-state index contributed by atoms with van der Waals surface area (Å²) in [7, 11) is 0. The summed E-state index contributed by atoms with van der Waals surface area (Å²) < 4.78 is 0. The number of nitrogens with zero attached hydrogens (tertiary/aromatic N) is 3. The fourth-order valence-electron chi connectivity index (χ4n) is 1.62. The molecule has 0 aliphatic carbocycles. The van der Waals surface area contributed by atoms with Gasteiger partial charge in [0.05, 0.1) is 6.07 Å². The van der Waals surface area contributed by atoms with Crippen molar-refractivity contribution in [1.29, 1.82) is 5.26 Å². The highest BCUT2D eigenvalue weighted by Gasteiger charge is 2.03. The zero-order chi connectivity index (χ0) is 12.5. The van der Waals surface area contributed by atoms with E-state index in [4.69, 9.17) is 5.26 Å². The first-order chi connectivity index (χ1) is 8.30. The molecule has 0 spiro atoms. The average Bonchev–Trinajstić information content (AvgIpc) is 2.37. The highest BCUT2D eigenvalue weighted by Crippen LogP contribution is 2.07. The second-order valence-electron chi connectivity index (χ2n) is 3.86. The lowest BCUT2D eigenvalue weighted by atomic mass is 10.2. The van der Waals surface area contributed by atoms with Crippen molar-refractivity contribution < 1.29 is 0 Å². The maximum Gasteiger partial charge on any atom is 0.125 e. The number of anilines is 1. The third-order valence-electron chi connectivity index (χ3n) is 2.58. The van der Waals surface area contributed by atoms with E-state index in [1.54, 1.807) is 0 Å². The van der Waals surface area contributed by atoms with Crippen LogP contribution in [0, 0.1) is 11.3 Å². The largest absolute Gasteiger partial charge is 0.370 e. The quantitative estimate of drug-likeness (QED) is 0.783. The van der Waals surface area contributed by atoms with E-state index in [1.807, 2.05) is 12.3 Å². The summed E-state index contributed by atoms with van der Waals surface area (Å²) in [5.41, 5.74) is 1.19. The van der Waals surface area contributed by atoms with Crippen molar-refractivity contribution in [1.82, 2.24) is 9.88 Å². The van der Waals surface area contributed by atoms with Gasteiger partial charge in [0.2, 0.25) is 0 Å². The van der Waals surface area contributed by atoms with Gasteiger partial charge in [-0.25, -0.2) is 4.98 Å². The summed E-state index contributed by atoms with van der Waals surface area (Å²) in [6.07, 6.45) is 2.48. The fraction of sp³-hybridized carbons (Fsp3) is 0.538. The number of nitrogens with one attached hydrogen (secondary N) is 1. The highest BCUT2D eigenvalue weighted by molar-refractivity contribution is 5.35. The topological polar surface area (TPSA) is 52.0 Å². The van der Waals surface area contributed by atoms with E-state index in [2.05, 4.69) is 41.2 Å². The molecule has 1 rings (SSSR count). The molecule has 0 radical (unpaired) electrons. The van der Waals surface area contributed by atoms with Crippen molar-refractivity contribution in [3.8, 4) is 6.07 Å². The Morgan fingerprint density at radius 2 is 2.24 bits per heavy atom. The van der Waals surface area contributed by atoms with E-state index in [0.29, 0.717) is 6.42 Å². The minimum Gasteiger partial charge on any atom is -0.370 e. The predicted octanol–water partition coefficient (Wildman–Crippen LogP) is 2.25. The van der Waals surface area contributed by atoms with Crippen LogP contribution in [0.4, 0.5) is 5.82 Å². The van der Waals surface area contributed by atoms with Crippen LogP contribution in [0.1, 0.15) is 25.8 Å². The van der Waals surface area contributed by atoms with Gasteiger partial charge < -0.3 is 5.32 Å². The van der Waals surface area contributed by atoms with E-state index < -0.39 is 0 Å². The van der Waals surface area contributed by atoms with E-state index in [-0.39, 0.29) is 0 Å². The second kappa shape index (κ2) is 7.64. The van der Waals surface area contributed by atoms with Gasteiger partial charge >= 0.3 is 0 Å². The predicted molar refractivity (Wildman–Crippen MR) is 69.6 cm³/mol. The zero-order valence-corrected chi connectivity index (χ0v) is 10.6. The van der Waals surface area contributed by atoms with Gasteiger partial charge in [-0.2, -0.15) is 5.26 Å². The molecule has 0 saturated heterocycles. The summed E-state index contributed by atoms with van der Waals surface area (Å²) in [5, 5.41) is 11.7. The monoisotopic (exact) mass is 232 g/mol. The normalized spacial score (nSPS) is 10.2. The van der Waals surface area contributed by atoms with Crippen LogP contribution < -0.4 is 5.32 Å². The van der Waals surface area contributed by atoms with Crippen molar-refractivity contribution in [3.63, 3.8) is 0 Å². The van der Waals surface area contributed by atoms with E-state index in [0.717, 1.165) is 32.0 Å². The van der Waals surface area contributed by atoms with Crippen LogP contribution in [0.25, 0.3) is 0 Å². The summed E-state index contributed by atoms with van der Waals surface area (Å²) in [5.74, 6) is 0.913. The lowest BCUT2D eigenvalue weighted by Gasteiger charge is -2.18. The van der Waals surface area contributed by atoms with Gasteiger partial charge in [-0.15, -0.1) is 0 Å². The van der Waals surface area contributed by atoms with Crippen LogP contribution >= 0.6 is 0 Å². The van der Waals surface area contributed by atoms with Gasteiger partial charge in [0.15, 0.2) is 0 Å². The minimum atomic E-state index is 0.580. The van der Waals surface area contributed by atoms with E-state index in [1.165, 1.54) is 5.56 Å². The van der Waals surface area contributed by atoms with Crippen molar-refractivity contribution in [2.24, 2.45) is 0 Å². The Labute approximate surface area is 103 Å². The van der Waals surface area contributed by atoms with E-state index in [9.17, 15) is 0 Å². The summed E-state index contributed by atoms with van der Waals surface area (Å²) in [6, 6.07) is 6.26. The maximum absolute atomic E-state index is 8.57. The number of hydrogen-bond donors (Lipinski definition) is 1. The average molecular weight is 232 g/mol. The lowest BCUT2D eigenvalue weighted by molar-refractivity contribution is 0.286.